The van der Waals surface area contributed by atoms with Crippen molar-refractivity contribution < 1.29 is 4.79 Å². The Hall–Kier alpha value is -0.670. The van der Waals surface area contributed by atoms with Gasteiger partial charge in [-0.3, -0.25) is 4.79 Å². The molecule has 0 aromatic heterocycles. The zero-order valence-corrected chi connectivity index (χ0v) is 9.82. The smallest absolute Gasteiger partial charge is 0.224 e. The molecule has 0 heterocycles. The van der Waals surface area contributed by atoms with E-state index in [0.717, 1.165) is 9.80 Å². The molecular weight excluding hydrogens is 212 g/mol. The average molecular weight is 224 g/mol. The maximum atomic E-state index is 11.7. The lowest BCUT2D eigenvalue weighted by atomic mass is 10.2. The van der Waals surface area contributed by atoms with Gasteiger partial charge in [-0.05, 0) is 24.9 Å². The third-order valence-corrected chi connectivity index (χ3v) is 3.89. The molecule has 0 aliphatic rings. The van der Waals surface area contributed by atoms with Crippen LogP contribution in [0.5, 0.6) is 0 Å². The van der Waals surface area contributed by atoms with Gasteiger partial charge in [-0.25, -0.2) is 0 Å². The van der Waals surface area contributed by atoms with Gasteiger partial charge in [0.25, 0.3) is 0 Å². The zero-order valence-electron chi connectivity index (χ0n) is 8.19. The van der Waals surface area contributed by atoms with Crippen LogP contribution in [0.1, 0.15) is 17.3 Å². The first-order valence-electron chi connectivity index (χ1n) is 4.25. The molecule has 0 amide bonds. The van der Waals surface area contributed by atoms with E-state index >= 15 is 0 Å². The molecule has 0 unspecified atom stereocenters. The van der Waals surface area contributed by atoms with E-state index in [1.54, 1.807) is 11.8 Å². The van der Waals surface area contributed by atoms with Gasteiger partial charge in [0.05, 0.1) is 0 Å². The van der Waals surface area contributed by atoms with Crippen LogP contribution in [-0.2, 0) is 0 Å². The van der Waals surface area contributed by atoms with Crippen molar-refractivity contribution in [1.29, 1.82) is 0 Å². The first-order valence-corrected chi connectivity index (χ1v) is 6.29. The van der Waals surface area contributed by atoms with Crippen LogP contribution in [0.2, 0.25) is 0 Å². The summed E-state index contributed by atoms with van der Waals surface area (Å²) < 4.78 is 1.04. The van der Waals surface area contributed by atoms with Gasteiger partial charge in [-0.1, -0.05) is 36.4 Å². The Bertz CT molecular complexity index is 330. The van der Waals surface area contributed by atoms with Crippen molar-refractivity contribution in [1.82, 2.24) is 0 Å². The van der Waals surface area contributed by atoms with Gasteiger partial charge in [0.2, 0.25) is 5.12 Å². The monoisotopic (exact) mass is 224 g/mol. The molecule has 0 aliphatic heterocycles. The summed E-state index contributed by atoms with van der Waals surface area (Å²) in [7, 11) is 0. The van der Waals surface area contributed by atoms with Gasteiger partial charge in [0.1, 0.15) is 0 Å². The number of hydrogen-bond donors (Lipinski definition) is 0. The molecule has 1 nitrogen and oxygen atoms in total. The molecule has 0 fully saturated rings. The van der Waals surface area contributed by atoms with Gasteiger partial charge >= 0.3 is 0 Å². The van der Waals surface area contributed by atoms with E-state index in [-0.39, 0.29) is 5.12 Å². The Kier molecular flexibility index (Phi) is 4.84. The Labute approximate surface area is 93.0 Å². The molecule has 1 aromatic rings. The lowest BCUT2D eigenvalue weighted by Crippen LogP contribution is -1.91. The molecule has 3 heteroatoms. The van der Waals surface area contributed by atoms with Crippen LogP contribution in [-0.4, -0.2) is 11.4 Å². The summed E-state index contributed by atoms with van der Waals surface area (Å²) in [6, 6.07) is 9.34. The number of benzene rings is 1. The molecule has 0 spiro atoms. The molecular formula is C11H12OS2. The fourth-order valence-corrected chi connectivity index (χ4v) is 2.29. The molecule has 1 aromatic carbocycles. The molecule has 0 radical (unpaired) electrons. The van der Waals surface area contributed by atoms with E-state index in [0.29, 0.717) is 0 Å². The predicted molar refractivity (Wildman–Crippen MR) is 65.6 cm³/mol. The van der Waals surface area contributed by atoms with Gasteiger partial charge < -0.3 is 0 Å². The summed E-state index contributed by atoms with van der Waals surface area (Å²) in [6.07, 6.45) is 3.93. The third-order valence-electron chi connectivity index (χ3n) is 1.64. The molecule has 0 saturated heterocycles. The SMILES string of the molecule is C/C=C(\SC)SC(=O)c1ccccc1. The van der Waals surface area contributed by atoms with Crippen molar-refractivity contribution in [3.05, 3.63) is 46.2 Å². The minimum Gasteiger partial charge on any atom is -0.281 e. The number of hydrogen-bond acceptors (Lipinski definition) is 3. The van der Waals surface area contributed by atoms with Crippen LogP contribution in [0.3, 0.4) is 0 Å². The van der Waals surface area contributed by atoms with Crippen LogP contribution in [0.4, 0.5) is 0 Å². The Morgan fingerprint density at radius 1 is 1.29 bits per heavy atom. The van der Waals surface area contributed by atoms with E-state index in [2.05, 4.69) is 0 Å². The molecule has 0 saturated carbocycles. The van der Waals surface area contributed by atoms with E-state index in [1.165, 1.54) is 11.8 Å². The number of rotatable bonds is 3. The fraction of sp³-hybridized carbons (Fsp3) is 0.182. The highest BCUT2D eigenvalue weighted by atomic mass is 32.2. The van der Waals surface area contributed by atoms with Gasteiger partial charge in [-0.2, -0.15) is 0 Å². The molecule has 0 aliphatic carbocycles. The molecule has 0 N–H and O–H groups in total. The summed E-state index contributed by atoms with van der Waals surface area (Å²) in [5, 5.41) is 0.105. The number of allylic oxidation sites excluding steroid dienone is 1. The standard InChI is InChI=1S/C11H12OS2/c1-3-10(13-2)14-11(12)9-7-5-4-6-8-9/h3-8H,1-2H3/b10-3+. The lowest BCUT2D eigenvalue weighted by molar-refractivity contribution is 0.108. The summed E-state index contributed by atoms with van der Waals surface area (Å²) in [5.41, 5.74) is 0.755. The maximum Gasteiger partial charge on any atom is 0.224 e. The Morgan fingerprint density at radius 3 is 2.43 bits per heavy atom. The topological polar surface area (TPSA) is 17.1 Å². The second-order valence-electron chi connectivity index (χ2n) is 2.57. The van der Waals surface area contributed by atoms with Crippen molar-refractivity contribution >= 4 is 28.6 Å². The highest BCUT2D eigenvalue weighted by Crippen LogP contribution is 2.28. The summed E-state index contributed by atoms with van der Waals surface area (Å²) >= 11 is 2.88. The van der Waals surface area contributed by atoms with Crippen LogP contribution >= 0.6 is 23.5 Å². The van der Waals surface area contributed by atoms with E-state index in [9.17, 15) is 4.79 Å². The summed E-state index contributed by atoms with van der Waals surface area (Å²) in [6.45, 7) is 1.94. The minimum absolute atomic E-state index is 0.105. The van der Waals surface area contributed by atoms with Crippen LogP contribution < -0.4 is 0 Å². The van der Waals surface area contributed by atoms with Crippen molar-refractivity contribution in [2.24, 2.45) is 0 Å². The second-order valence-corrected chi connectivity index (χ2v) is 4.69. The highest BCUT2D eigenvalue weighted by Gasteiger charge is 2.07. The van der Waals surface area contributed by atoms with E-state index in [1.807, 2.05) is 49.6 Å². The number of thioether (sulfide) groups is 2. The zero-order chi connectivity index (χ0) is 10.4. The molecule has 0 atom stereocenters. The minimum atomic E-state index is 0.105. The van der Waals surface area contributed by atoms with Gasteiger partial charge in [0, 0.05) is 9.80 Å². The third kappa shape index (κ3) is 3.24. The maximum absolute atomic E-state index is 11.7. The molecule has 1 rings (SSSR count). The number of carbonyl (C=O) groups is 1. The lowest BCUT2D eigenvalue weighted by Gasteiger charge is -2.01. The first kappa shape index (κ1) is 11.4. The predicted octanol–water partition coefficient (Wildman–Crippen LogP) is 3.78. The summed E-state index contributed by atoms with van der Waals surface area (Å²) in [5.74, 6) is 0. The Morgan fingerprint density at radius 2 is 1.93 bits per heavy atom. The Balaban J connectivity index is 2.68. The van der Waals surface area contributed by atoms with Crippen LogP contribution in [0.15, 0.2) is 40.6 Å². The number of carbonyl (C=O) groups excluding carboxylic acids is 1. The first-order chi connectivity index (χ1) is 6.77. The molecule has 0 bridgehead atoms. The van der Waals surface area contributed by atoms with Gasteiger partial charge in [-0.15, -0.1) is 11.8 Å². The van der Waals surface area contributed by atoms with Crippen LogP contribution in [0.25, 0.3) is 0 Å². The fourth-order valence-electron chi connectivity index (χ4n) is 0.943. The van der Waals surface area contributed by atoms with E-state index in [4.69, 9.17) is 0 Å². The quantitative estimate of drug-likeness (QED) is 0.777. The van der Waals surface area contributed by atoms with Crippen LogP contribution in [0, 0.1) is 0 Å². The van der Waals surface area contributed by atoms with Gasteiger partial charge in [0.15, 0.2) is 0 Å². The normalized spacial score (nSPS) is 11.4. The van der Waals surface area contributed by atoms with Crippen molar-refractivity contribution in [2.45, 2.75) is 6.92 Å². The van der Waals surface area contributed by atoms with Crippen molar-refractivity contribution in [2.75, 3.05) is 6.26 Å². The second kappa shape index (κ2) is 5.94. The average Bonchev–Trinajstić information content (AvgIpc) is 2.26. The van der Waals surface area contributed by atoms with Crippen molar-refractivity contribution in [3.63, 3.8) is 0 Å². The van der Waals surface area contributed by atoms with Crippen molar-refractivity contribution in [3.8, 4) is 0 Å². The molecule has 14 heavy (non-hydrogen) atoms. The highest BCUT2D eigenvalue weighted by molar-refractivity contribution is 8.29. The van der Waals surface area contributed by atoms with E-state index < -0.39 is 0 Å². The largest absolute Gasteiger partial charge is 0.281 e. The summed E-state index contributed by atoms with van der Waals surface area (Å²) in [4.78, 5) is 11.7. The molecule has 74 valence electrons.